The molecule has 4 aromatic heterocycles. The molecular formula is C55H36N6. The van der Waals surface area contributed by atoms with Crippen LogP contribution in [0.2, 0.25) is 0 Å². The van der Waals surface area contributed by atoms with Gasteiger partial charge in [-0.15, -0.1) is 0 Å². The van der Waals surface area contributed by atoms with Crippen LogP contribution in [-0.4, -0.2) is 29.5 Å². The zero-order valence-corrected chi connectivity index (χ0v) is 33.0. The monoisotopic (exact) mass is 780 g/mol. The van der Waals surface area contributed by atoms with E-state index in [-0.39, 0.29) is 0 Å². The van der Waals surface area contributed by atoms with Crippen molar-refractivity contribution in [3.8, 4) is 84.4 Å². The summed E-state index contributed by atoms with van der Waals surface area (Å²) in [6.45, 7) is 0. The topological polar surface area (TPSA) is 69.4 Å². The van der Waals surface area contributed by atoms with Crippen LogP contribution in [0.4, 0.5) is 0 Å². The van der Waals surface area contributed by atoms with Crippen molar-refractivity contribution in [3.05, 3.63) is 219 Å². The highest BCUT2D eigenvalue weighted by atomic mass is 15.0. The van der Waals surface area contributed by atoms with Crippen molar-refractivity contribution < 1.29 is 0 Å². The van der Waals surface area contributed by atoms with Gasteiger partial charge in [-0.1, -0.05) is 133 Å². The van der Waals surface area contributed by atoms with Gasteiger partial charge in [0.05, 0.1) is 16.7 Å². The second-order valence-corrected chi connectivity index (χ2v) is 15.0. The molecule has 0 saturated carbocycles. The Morgan fingerprint density at radius 3 is 1.07 bits per heavy atom. The standard InChI is InChI=1S/C55H36N6/c1-5-15-37(16-6-1)41-25-27-50-48(31-41)49-32-42(38-17-7-2-8-18-38)26-28-51(49)61(50)52-46(39-19-9-3-10-20-39)33-45(34-47(52)40-21-11-4-12-22-40)55-59-53(43-23-13-29-56-35-43)58-54(60-55)44-24-14-30-57-36-44/h1-36H. The molecule has 0 radical (unpaired) electrons. The van der Waals surface area contributed by atoms with Gasteiger partial charge in [-0.25, -0.2) is 15.0 Å². The highest BCUT2D eigenvalue weighted by molar-refractivity contribution is 6.13. The molecule has 0 bridgehead atoms. The fourth-order valence-corrected chi connectivity index (χ4v) is 8.32. The van der Waals surface area contributed by atoms with Gasteiger partial charge < -0.3 is 4.57 Å². The van der Waals surface area contributed by atoms with E-state index in [1.165, 1.54) is 33.0 Å². The molecule has 61 heavy (non-hydrogen) atoms. The van der Waals surface area contributed by atoms with Crippen LogP contribution in [-0.2, 0) is 0 Å². The fraction of sp³-hybridized carbons (Fsp3) is 0. The maximum absolute atomic E-state index is 5.15. The first kappa shape index (κ1) is 35.8. The molecule has 0 unspecified atom stereocenters. The minimum absolute atomic E-state index is 0.536. The number of pyridine rings is 2. The molecule has 0 saturated heterocycles. The van der Waals surface area contributed by atoms with Crippen LogP contribution < -0.4 is 0 Å². The Labute approximate surface area is 353 Å². The lowest BCUT2D eigenvalue weighted by atomic mass is 9.92. The number of rotatable bonds is 8. The number of aromatic nitrogens is 6. The van der Waals surface area contributed by atoms with Gasteiger partial charge in [-0.3, -0.25) is 9.97 Å². The van der Waals surface area contributed by atoms with Crippen LogP contribution >= 0.6 is 0 Å². The van der Waals surface area contributed by atoms with Crippen LogP contribution in [0.1, 0.15) is 0 Å². The maximum atomic E-state index is 5.15. The summed E-state index contributed by atoms with van der Waals surface area (Å²) < 4.78 is 2.46. The number of nitrogens with zero attached hydrogens (tertiary/aromatic N) is 6. The number of hydrogen-bond donors (Lipinski definition) is 0. The summed E-state index contributed by atoms with van der Waals surface area (Å²) >= 11 is 0. The Kier molecular flexibility index (Phi) is 9.06. The van der Waals surface area contributed by atoms with Gasteiger partial charge in [0.15, 0.2) is 17.5 Å². The normalized spacial score (nSPS) is 11.3. The highest BCUT2D eigenvalue weighted by Gasteiger charge is 2.24. The van der Waals surface area contributed by atoms with E-state index in [4.69, 9.17) is 15.0 Å². The van der Waals surface area contributed by atoms with E-state index in [1.807, 2.05) is 24.3 Å². The largest absolute Gasteiger partial charge is 0.308 e. The van der Waals surface area contributed by atoms with E-state index in [9.17, 15) is 0 Å². The van der Waals surface area contributed by atoms with Crippen molar-refractivity contribution >= 4 is 21.8 Å². The summed E-state index contributed by atoms with van der Waals surface area (Å²) in [7, 11) is 0. The first-order chi connectivity index (χ1) is 30.2. The molecule has 7 aromatic carbocycles. The van der Waals surface area contributed by atoms with E-state index in [0.717, 1.165) is 55.7 Å². The first-order valence-corrected chi connectivity index (χ1v) is 20.3. The Bertz CT molecular complexity index is 3100. The molecule has 4 heterocycles. The van der Waals surface area contributed by atoms with E-state index in [2.05, 4.69) is 184 Å². The average molecular weight is 781 g/mol. The predicted molar refractivity (Wildman–Crippen MR) is 248 cm³/mol. The Morgan fingerprint density at radius 1 is 0.295 bits per heavy atom. The van der Waals surface area contributed by atoms with Gasteiger partial charge in [-0.2, -0.15) is 0 Å². The molecule has 0 N–H and O–H groups in total. The second kappa shape index (κ2) is 15.4. The summed E-state index contributed by atoms with van der Waals surface area (Å²) in [5.74, 6) is 1.62. The lowest BCUT2D eigenvalue weighted by Crippen LogP contribution is -2.04. The predicted octanol–water partition coefficient (Wildman–Crippen LogP) is 13.4. The third kappa shape index (κ3) is 6.72. The van der Waals surface area contributed by atoms with E-state index >= 15 is 0 Å². The van der Waals surface area contributed by atoms with Crippen molar-refractivity contribution in [2.45, 2.75) is 0 Å². The summed E-state index contributed by atoms with van der Waals surface area (Å²) in [6, 6.07) is 68.5. The van der Waals surface area contributed by atoms with Crippen LogP contribution in [0.15, 0.2) is 219 Å². The molecule has 286 valence electrons. The summed E-state index contributed by atoms with van der Waals surface area (Å²) in [6.07, 6.45) is 7.08. The number of fused-ring (bicyclic) bond motifs is 3. The van der Waals surface area contributed by atoms with Crippen molar-refractivity contribution in [2.75, 3.05) is 0 Å². The van der Waals surface area contributed by atoms with Gasteiger partial charge in [0.25, 0.3) is 0 Å². The quantitative estimate of drug-likeness (QED) is 0.154. The van der Waals surface area contributed by atoms with Gasteiger partial charge in [-0.05, 0) is 94.0 Å². The summed E-state index contributed by atoms with van der Waals surface area (Å²) in [5.41, 5.74) is 14.7. The van der Waals surface area contributed by atoms with Crippen molar-refractivity contribution in [1.29, 1.82) is 0 Å². The first-order valence-electron chi connectivity index (χ1n) is 20.3. The molecule has 11 aromatic rings. The van der Waals surface area contributed by atoms with E-state index in [0.29, 0.717) is 17.5 Å². The molecular weight excluding hydrogens is 745 g/mol. The average Bonchev–Trinajstić information content (AvgIpc) is 3.67. The molecule has 6 heteroatoms. The molecule has 0 spiro atoms. The number of benzene rings is 7. The SMILES string of the molecule is c1ccc(-c2ccc3c(c2)c2cc(-c4ccccc4)ccc2n3-c2c(-c3ccccc3)cc(-c3nc(-c4cccnc4)nc(-c4cccnc4)n3)cc2-c2ccccc2)cc1. The number of hydrogen-bond acceptors (Lipinski definition) is 5. The fourth-order valence-electron chi connectivity index (χ4n) is 8.32. The van der Waals surface area contributed by atoms with Gasteiger partial charge in [0.1, 0.15) is 0 Å². The smallest absolute Gasteiger partial charge is 0.165 e. The zero-order chi connectivity index (χ0) is 40.5. The molecule has 0 aliphatic rings. The van der Waals surface area contributed by atoms with Crippen LogP contribution in [0, 0.1) is 0 Å². The third-order valence-corrected chi connectivity index (χ3v) is 11.2. The Morgan fingerprint density at radius 2 is 0.672 bits per heavy atom. The van der Waals surface area contributed by atoms with Gasteiger partial charge in [0, 0.05) is 63.4 Å². The maximum Gasteiger partial charge on any atom is 0.165 e. The minimum Gasteiger partial charge on any atom is -0.308 e. The van der Waals surface area contributed by atoms with Gasteiger partial charge >= 0.3 is 0 Å². The zero-order valence-electron chi connectivity index (χ0n) is 33.0. The lowest BCUT2D eigenvalue weighted by Gasteiger charge is -2.21. The summed E-state index contributed by atoms with van der Waals surface area (Å²) in [4.78, 5) is 24.0. The van der Waals surface area contributed by atoms with Crippen LogP contribution in [0.25, 0.3) is 106 Å². The van der Waals surface area contributed by atoms with Crippen molar-refractivity contribution in [3.63, 3.8) is 0 Å². The Hall–Kier alpha value is -8.35. The molecule has 0 aliphatic heterocycles. The van der Waals surface area contributed by atoms with Crippen LogP contribution in [0.5, 0.6) is 0 Å². The molecule has 0 amide bonds. The van der Waals surface area contributed by atoms with Crippen molar-refractivity contribution in [2.24, 2.45) is 0 Å². The third-order valence-electron chi connectivity index (χ3n) is 11.2. The molecule has 0 atom stereocenters. The molecule has 0 fully saturated rings. The van der Waals surface area contributed by atoms with E-state index in [1.54, 1.807) is 24.8 Å². The lowest BCUT2D eigenvalue weighted by molar-refractivity contribution is 1.07. The minimum atomic E-state index is 0.536. The van der Waals surface area contributed by atoms with Gasteiger partial charge in [0.2, 0.25) is 0 Å². The molecule has 11 rings (SSSR count). The van der Waals surface area contributed by atoms with Crippen LogP contribution in [0.3, 0.4) is 0 Å². The summed E-state index contributed by atoms with van der Waals surface area (Å²) in [5, 5.41) is 2.35. The Balaban J connectivity index is 1.24. The molecule has 6 nitrogen and oxygen atoms in total. The highest BCUT2D eigenvalue weighted by Crippen LogP contribution is 2.45. The van der Waals surface area contributed by atoms with Crippen molar-refractivity contribution in [1.82, 2.24) is 29.5 Å². The molecule has 0 aliphatic carbocycles. The van der Waals surface area contributed by atoms with E-state index < -0.39 is 0 Å². The second-order valence-electron chi connectivity index (χ2n) is 15.0.